The average molecular weight is 327 g/mol. The van der Waals surface area contributed by atoms with Crippen molar-refractivity contribution in [3.05, 3.63) is 49.6 Å². The van der Waals surface area contributed by atoms with Crippen LogP contribution in [-0.4, -0.2) is 26.8 Å². The van der Waals surface area contributed by atoms with Crippen LogP contribution < -0.4 is 16.6 Å². The number of aromatic amines is 2. The van der Waals surface area contributed by atoms with Gasteiger partial charge in [0.2, 0.25) is 5.91 Å². The molecular weight excluding hydrogens is 316 g/mol. The van der Waals surface area contributed by atoms with Gasteiger partial charge in [0.05, 0.1) is 16.5 Å². The number of anilines is 1. The van der Waals surface area contributed by atoms with Gasteiger partial charge in [-0.2, -0.15) is 5.10 Å². The van der Waals surface area contributed by atoms with Gasteiger partial charge in [-0.3, -0.25) is 14.6 Å². The molecule has 0 saturated carbocycles. The Bertz CT molecular complexity index is 787. The molecule has 0 spiro atoms. The van der Waals surface area contributed by atoms with Crippen molar-refractivity contribution in [1.82, 2.24) is 15.2 Å². The summed E-state index contributed by atoms with van der Waals surface area (Å²) in [6, 6.07) is 5.26. The van der Waals surface area contributed by atoms with Crippen molar-refractivity contribution >= 4 is 35.0 Å². The fraction of sp³-hybridized carbons (Fsp3) is 0.167. The number of thioether (sulfide) groups is 1. The fourth-order valence-corrected chi connectivity index (χ4v) is 2.39. The maximum Gasteiger partial charge on any atom is 0.342 e. The predicted molar refractivity (Wildman–Crippen MR) is 81.0 cm³/mol. The second kappa shape index (κ2) is 6.59. The number of carbonyl (C=O) groups excluding carboxylic acids is 1. The van der Waals surface area contributed by atoms with E-state index in [2.05, 4.69) is 15.5 Å². The van der Waals surface area contributed by atoms with Gasteiger partial charge in [0.15, 0.2) is 5.03 Å². The van der Waals surface area contributed by atoms with Gasteiger partial charge in [0, 0.05) is 0 Å². The number of amides is 1. The van der Waals surface area contributed by atoms with E-state index in [9.17, 15) is 14.4 Å². The van der Waals surface area contributed by atoms with Gasteiger partial charge in [-0.25, -0.2) is 9.89 Å². The Morgan fingerprint density at radius 1 is 1.43 bits per heavy atom. The smallest absolute Gasteiger partial charge is 0.324 e. The average Bonchev–Trinajstić information content (AvgIpc) is 2.41. The number of aromatic nitrogens is 3. The summed E-state index contributed by atoms with van der Waals surface area (Å²) in [4.78, 5) is 36.0. The summed E-state index contributed by atoms with van der Waals surface area (Å²) < 4.78 is 0. The minimum atomic E-state index is -0.694. The molecule has 0 aliphatic rings. The molecule has 0 aliphatic carbocycles. The van der Waals surface area contributed by atoms with E-state index in [1.807, 2.05) is 18.0 Å². The van der Waals surface area contributed by atoms with Crippen LogP contribution in [0.2, 0.25) is 5.02 Å². The Labute approximate surface area is 128 Å². The molecular formula is C12H11ClN4O3S. The number of rotatable bonds is 4. The zero-order valence-electron chi connectivity index (χ0n) is 10.9. The molecule has 0 aliphatic heterocycles. The highest BCUT2D eigenvalue weighted by molar-refractivity contribution is 7.99. The molecule has 2 aromatic rings. The quantitative estimate of drug-likeness (QED) is 0.730. The van der Waals surface area contributed by atoms with Gasteiger partial charge in [0.25, 0.3) is 5.56 Å². The monoisotopic (exact) mass is 326 g/mol. The van der Waals surface area contributed by atoms with E-state index in [0.29, 0.717) is 10.7 Å². The summed E-state index contributed by atoms with van der Waals surface area (Å²) >= 11 is 6.92. The highest BCUT2D eigenvalue weighted by Crippen LogP contribution is 2.23. The lowest BCUT2D eigenvalue weighted by Crippen LogP contribution is -2.25. The van der Waals surface area contributed by atoms with Crippen LogP contribution in [0.25, 0.3) is 0 Å². The van der Waals surface area contributed by atoms with Gasteiger partial charge >= 0.3 is 5.69 Å². The summed E-state index contributed by atoms with van der Waals surface area (Å²) in [5, 5.41) is 8.74. The van der Waals surface area contributed by atoms with Crippen LogP contribution in [-0.2, 0) is 4.79 Å². The summed E-state index contributed by atoms with van der Waals surface area (Å²) in [5.74, 6) is -0.370. The SMILES string of the molecule is Cc1ccc(NC(=O)CSc2n[nH]c(=O)[nH]c2=O)c(Cl)c1. The molecule has 1 amide bonds. The van der Waals surface area contributed by atoms with Crippen molar-refractivity contribution in [1.29, 1.82) is 0 Å². The molecule has 3 N–H and O–H groups in total. The molecule has 0 saturated heterocycles. The number of nitrogens with one attached hydrogen (secondary N) is 3. The van der Waals surface area contributed by atoms with Crippen LogP contribution in [0.5, 0.6) is 0 Å². The number of hydrogen-bond acceptors (Lipinski definition) is 5. The Hall–Kier alpha value is -2.06. The molecule has 1 aromatic carbocycles. The fourth-order valence-electron chi connectivity index (χ4n) is 1.48. The second-order valence-electron chi connectivity index (χ2n) is 4.13. The molecule has 1 heterocycles. The third-order valence-electron chi connectivity index (χ3n) is 2.42. The molecule has 0 atom stereocenters. The van der Waals surface area contributed by atoms with Crippen LogP contribution in [0.4, 0.5) is 5.69 Å². The number of halogens is 1. The minimum absolute atomic E-state index is 0.0137. The lowest BCUT2D eigenvalue weighted by atomic mass is 10.2. The van der Waals surface area contributed by atoms with Crippen molar-refractivity contribution in [2.75, 3.05) is 11.1 Å². The third-order valence-corrected chi connectivity index (χ3v) is 3.69. The Morgan fingerprint density at radius 2 is 2.19 bits per heavy atom. The second-order valence-corrected chi connectivity index (χ2v) is 5.50. The molecule has 0 bridgehead atoms. The number of benzene rings is 1. The van der Waals surface area contributed by atoms with Crippen LogP contribution >= 0.6 is 23.4 Å². The lowest BCUT2D eigenvalue weighted by Gasteiger charge is -2.07. The zero-order valence-corrected chi connectivity index (χ0v) is 12.5. The van der Waals surface area contributed by atoms with Gasteiger partial charge in [0.1, 0.15) is 0 Å². The summed E-state index contributed by atoms with van der Waals surface area (Å²) in [6.45, 7) is 1.89. The molecule has 0 radical (unpaired) electrons. The van der Waals surface area contributed by atoms with Crippen molar-refractivity contribution in [3.8, 4) is 0 Å². The summed E-state index contributed by atoms with van der Waals surface area (Å²) in [7, 11) is 0. The first kappa shape index (κ1) is 15.3. The molecule has 9 heteroatoms. The third kappa shape index (κ3) is 4.20. The number of H-pyrrole nitrogens is 2. The van der Waals surface area contributed by atoms with Crippen LogP contribution in [0.15, 0.2) is 32.8 Å². The highest BCUT2D eigenvalue weighted by Gasteiger charge is 2.09. The van der Waals surface area contributed by atoms with Crippen LogP contribution in [0.3, 0.4) is 0 Å². The lowest BCUT2D eigenvalue weighted by molar-refractivity contribution is -0.113. The van der Waals surface area contributed by atoms with E-state index in [1.54, 1.807) is 12.1 Å². The molecule has 1 aromatic heterocycles. The van der Waals surface area contributed by atoms with Gasteiger partial charge in [-0.05, 0) is 24.6 Å². The largest absolute Gasteiger partial charge is 0.342 e. The summed E-state index contributed by atoms with van der Waals surface area (Å²) in [6.07, 6.45) is 0. The Balaban J connectivity index is 1.99. The Morgan fingerprint density at radius 3 is 2.86 bits per heavy atom. The highest BCUT2D eigenvalue weighted by atomic mass is 35.5. The molecule has 110 valence electrons. The molecule has 7 nitrogen and oxygen atoms in total. The normalized spacial score (nSPS) is 10.4. The zero-order chi connectivity index (χ0) is 15.4. The van der Waals surface area contributed by atoms with Gasteiger partial charge < -0.3 is 5.32 Å². The molecule has 2 rings (SSSR count). The van der Waals surface area contributed by atoms with E-state index < -0.39 is 11.2 Å². The minimum Gasteiger partial charge on any atom is -0.324 e. The van der Waals surface area contributed by atoms with Gasteiger partial charge in [-0.15, -0.1) is 0 Å². The van der Waals surface area contributed by atoms with E-state index >= 15 is 0 Å². The predicted octanol–water partition coefficient (Wildman–Crippen LogP) is 1.15. The standard InChI is InChI=1S/C12H11ClN4O3S/c1-6-2-3-8(7(13)4-6)14-9(18)5-21-11-10(19)15-12(20)17-16-11/h2-4H,5H2,1H3,(H,14,18)(H2,15,17,19,20). The first-order chi connectivity index (χ1) is 9.95. The topological polar surface area (TPSA) is 108 Å². The van der Waals surface area contributed by atoms with E-state index in [-0.39, 0.29) is 16.7 Å². The van der Waals surface area contributed by atoms with Crippen LogP contribution in [0, 0.1) is 6.92 Å². The van der Waals surface area contributed by atoms with E-state index in [4.69, 9.17) is 11.6 Å². The molecule has 0 fully saturated rings. The Kier molecular flexibility index (Phi) is 4.81. The summed E-state index contributed by atoms with van der Waals surface area (Å²) in [5.41, 5.74) is 0.151. The van der Waals surface area contributed by atoms with E-state index in [1.165, 1.54) is 0 Å². The van der Waals surface area contributed by atoms with Gasteiger partial charge in [-0.1, -0.05) is 29.4 Å². The molecule has 21 heavy (non-hydrogen) atoms. The first-order valence-corrected chi connectivity index (χ1v) is 7.20. The van der Waals surface area contributed by atoms with E-state index in [0.717, 1.165) is 17.3 Å². The van der Waals surface area contributed by atoms with Crippen molar-refractivity contribution < 1.29 is 4.79 Å². The number of hydrogen-bond donors (Lipinski definition) is 3. The maximum absolute atomic E-state index is 11.8. The van der Waals surface area contributed by atoms with Crippen molar-refractivity contribution in [2.45, 2.75) is 11.9 Å². The number of carbonyl (C=O) groups is 1. The number of aryl methyl sites for hydroxylation is 1. The molecule has 0 unspecified atom stereocenters. The van der Waals surface area contributed by atoms with Crippen LogP contribution in [0.1, 0.15) is 5.56 Å². The first-order valence-electron chi connectivity index (χ1n) is 5.83. The van der Waals surface area contributed by atoms with Crippen molar-refractivity contribution in [3.63, 3.8) is 0 Å². The maximum atomic E-state index is 11.8. The number of nitrogens with zero attached hydrogens (tertiary/aromatic N) is 1. The van der Waals surface area contributed by atoms with Crippen molar-refractivity contribution in [2.24, 2.45) is 0 Å².